The minimum Gasteiger partial charge on any atom is -0.495 e. The Bertz CT molecular complexity index is 941. The average Bonchev–Trinajstić information content (AvgIpc) is 2.67. The van der Waals surface area contributed by atoms with Gasteiger partial charge in [0.05, 0.1) is 17.8 Å². The zero-order valence-electron chi connectivity index (χ0n) is 14.6. The van der Waals surface area contributed by atoms with Crippen molar-refractivity contribution in [3.05, 3.63) is 81.9 Å². The summed E-state index contributed by atoms with van der Waals surface area (Å²) in [6.45, 7) is 2.71. The molecule has 0 saturated carbocycles. The molecule has 26 heavy (non-hydrogen) atoms. The van der Waals surface area contributed by atoms with Gasteiger partial charge in [0.1, 0.15) is 5.75 Å². The molecule has 3 aromatic rings. The molecule has 0 bridgehead atoms. The lowest BCUT2D eigenvalue weighted by atomic mass is 10.0. The first-order chi connectivity index (χ1) is 12.6. The molecule has 0 aliphatic heterocycles. The Kier molecular flexibility index (Phi) is 5.58. The summed E-state index contributed by atoms with van der Waals surface area (Å²) in [4.78, 5) is 16.9. The summed E-state index contributed by atoms with van der Waals surface area (Å²) in [5.74, 6) is 1.12. The Hall–Kier alpha value is -2.79. The Morgan fingerprint density at radius 3 is 2.69 bits per heavy atom. The van der Waals surface area contributed by atoms with Gasteiger partial charge in [0.2, 0.25) is 0 Å². The van der Waals surface area contributed by atoms with Gasteiger partial charge in [-0.05, 0) is 29.7 Å². The molecular formula is C20H20ClN3O2. The summed E-state index contributed by atoms with van der Waals surface area (Å²) in [6.07, 6.45) is 3.21. The summed E-state index contributed by atoms with van der Waals surface area (Å²) in [6, 6.07) is 15.3. The van der Waals surface area contributed by atoms with Crippen LogP contribution in [0.2, 0.25) is 5.02 Å². The maximum absolute atomic E-state index is 12.7. The van der Waals surface area contributed by atoms with E-state index in [9.17, 15) is 4.79 Å². The van der Waals surface area contributed by atoms with Crippen molar-refractivity contribution in [3.8, 4) is 11.4 Å². The van der Waals surface area contributed by atoms with Crippen molar-refractivity contribution in [2.75, 3.05) is 19.0 Å². The number of hydrogen-bond donors (Lipinski definition) is 1. The third-order valence-corrected chi connectivity index (χ3v) is 4.49. The first-order valence-corrected chi connectivity index (χ1v) is 8.68. The van der Waals surface area contributed by atoms with Crippen molar-refractivity contribution in [1.82, 2.24) is 9.55 Å². The standard InChI is InChI=1S/C20H20ClN3O2/c1-14(15-6-4-3-5-7-15)13-23-19-20(25)24(11-10-22-19)16-8-9-18(26-2)17(21)12-16/h3-12,14H,13H2,1-2H3,(H,22,23)/t14-/m0/s1. The highest BCUT2D eigenvalue weighted by molar-refractivity contribution is 6.32. The molecule has 0 amide bonds. The summed E-state index contributed by atoms with van der Waals surface area (Å²) in [7, 11) is 1.55. The Labute approximate surface area is 157 Å². The molecule has 3 rings (SSSR count). The number of hydrogen-bond acceptors (Lipinski definition) is 4. The molecule has 0 saturated heterocycles. The number of anilines is 1. The normalized spacial score (nSPS) is 11.8. The van der Waals surface area contributed by atoms with Gasteiger partial charge in [-0.25, -0.2) is 4.98 Å². The van der Waals surface area contributed by atoms with Crippen LogP contribution >= 0.6 is 11.6 Å². The van der Waals surface area contributed by atoms with Gasteiger partial charge in [0.15, 0.2) is 5.82 Å². The second-order valence-corrected chi connectivity index (χ2v) is 6.37. The van der Waals surface area contributed by atoms with Gasteiger partial charge in [-0.2, -0.15) is 0 Å². The van der Waals surface area contributed by atoms with E-state index in [4.69, 9.17) is 16.3 Å². The SMILES string of the molecule is COc1ccc(-n2ccnc(NC[C@H](C)c3ccccc3)c2=O)cc1Cl. The molecule has 134 valence electrons. The van der Waals surface area contributed by atoms with E-state index in [1.807, 2.05) is 18.2 Å². The lowest BCUT2D eigenvalue weighted by Gasteiger charge is -2.14. The van der Waals surface area contributed by atoms with Crippen LogP contribution in [-0.2, 0) is 0 Å². The third-order valence-electron chi connectivity index (χ3n) is 4.20. The van der Waals surface area contributed by atoms with E-state index >= 15 is 0 Å². The minimum absolute atomic E-state index is 0.228. The maximum Gasteiger partial charge on any atom is 0.297 e. The second kappa shape index (κ2) is 8.06. The van der Waals surface area contributed by atoms with E-state index < -0.39 is 0 Å². The summed E-state index contributed by atoms with van der Waals surface area (Å²) >= 11 is 6.17. The molecule has 6 heteroatoms. The first-order valence-electron chi connectivity index (χ1n) is 8.30. The number of methoxy groups -OCH3 is 1. The lowest BCUT2D eigenvalue weighted by Crippen LogP contribution is -2.24. The molecule has 0 spiro atoms. The fourth-order valence-corrected chi connectivity index (χ4v) is 2.94. The fraction of sp³-hybridized carbons (Fsp3) is 0.200. The van der Waals surface area contributed by atoms with Crippen LogP contribution < -0.4 is 15.6 Å². The predicted octanol–water partition coefficient (Wildman–Crippen LogP) is 4.11. The molecule has 1 N–H and O–H groups in total. The van der Waals surface area contributed by atoms with Gasteiger partial charge in [0, 0.05) is 18.9 Å². The Balaban J connectivity index is 1.81. The van der Waals surface area contributed by atoms with Crippen LogP contribution in [0.4, 0.5) is 5.82 Å². The van der Waals surface area contributed by atoms with E-state index in [1.54, 1.807) is 37.7 Å². The van der Waals surface area contributed by atoms with Gasteiger partial charge in [-0.3, -0.25) is 9.36 Å². The fourth-order valence-electron chi connectivity index (χ4n) is 2.69. The molecule has 1 atom stereocenters. The van der Waals surface area contributed by atoms with Crippen molar-refractivity contribution in [1.29, 1.82) is 0 Å². The Morgan fingerprint density at radius 2 is 2.00 bits per heavy atom. The average molecular weight is 370 g/mol. The molecule has 0 fully saturated rings. The zero-order chi connectivity index (χ0) is 18.5. The molecule has 5 nitrogen and oxygen atoms in total. The van der Waals surface area contributed by atoms with Crippen LogP contribution in [0.15, 0.2) is 65.7 Å². The molecule has 0 unspecified atom stereocenters. The maximum atomic E-state index is 12.7. The molecular weight excluding hydrogens is 350 g/mol. The Morgan fingerprint density at radius 1 is 1.23 bits per heavy atom. The van der Waals surface area contributed by atoms with Gasteiger partial charge in [-0.15, -0.1) is 0 Å². The number of nitrogens with one attached hydrogen (secondary N) is 1. The monoisotopic (exact) mass is 369 g/mol. The lowest BCUT2D eigenvalue weighted by molar-refractivity contribution is 0.415. The quantitative estimate of drug-likeness (QED) is 0.710. The highest BCUT2D eigenvalue weighted by Gasteiger charge is 2.11. The van der Waals surface area contributed by atoms with E-state index in [0.717, 1.165) is 0 Å². The minimum atomic E-state index is -0.228. The summed E-state index contributed by atoms with van der Waals surface area (Å²) in [5.41, 5.74) is 1.63. The highest BCUT2D eigenvalue weighted by Crippen LogP contribution is 2.26. The van der Waals surface area contributed by atoms with Crippen LogP contribution in [0.3, 0.4) is 0 Å². The zero-order valence-corrected chi connectivity index (χ0v) is 15.4. The number of nitrogens with zero attached hydrogens (tertiary/aromatic N) is 2. The summed E-state index contributed by atoms with van der Waals surface area (Å²) in [5, 5.41) is 3.60. The smallest absolute Gasteiger partial charge is 0.297 e. The van der Waals surface area contributed by atoms with Crippen molar-refractivity contribution < 1.29 is 4.74 Å². The largest absolute Gasteiger partial charge is 0.495 e. The van der Waals surface area contributed by atoms with Crippen LogP contribution in [0.25, 0.3) is 5.69 Å². The van der Waals surface area contributed by atoms with Crippen LogP contribution in [0.1, 0.15) is 18.4 Å². The summed E-state index contributed by atoms with van der Waals surface area (Å²) < 4.78 is 6.66. The van der Waals surface area contributed by atoms with E-state index in [2.05, 4.69) is 29.4 Å². The number of halogens is 1. The molecule has 2 aromatic carbocycles. The predicted molar refractivity (Wildman–Crippen MR) is 105 cm³/mol. The van der Waals surface area contributed by atoms with Crippen LogP contribution in [-0.4, -0.2) is 23.2 Å². The van der Waals surface area contributed by atoms with Gasteiger partial charge in [-0.1, -0.05) is 48.9 Å². The van der Waals surface area contributed by atoms with Gasteiger partial charge in [0.25, 0.3) is 5.56 Å². The van der Waals surface area contributed by atoms with Gasteiger partial charge < -0.3 is 10.1 Å². The third kappa shape index (κ3) is 3.89. The van der Waals surface area contributed by atoms with Crippen LogP contribution in [0, 0.1) is 0 Å². The highest BCUT2D eigenvalue weighted by atomic mass is 35.5. The number of rotatable bonds is 6. The first kappa shape index (κ1) is 18.0. The second-order valence-electron chi connectivity index (χ2n) is 5.96. The topological polar surface area (TPSA) is 56.1 Å². The van der Waals surface area contributed by atoms with Crippen LogP contribution in [0.5, 0.6) is 5.75 Å². The molecule has 0 aliphatic carbocycles. The van der Waals surface area contributed by atoms with Crippen molar-refractivity contribution in [2.45, 2.75) is 12.8 Å². The number of aromatic nitrogens is 2. The van der Waals surface area contributed by atoms with Gasteiger partial charge >= 0.3 is 0 Å². The number of benzene rings is 2. The number of ether oxygens (including phenoxy) is 1. The van der Waals surface area contributed by atoms with E-state index in [0.29, 0.717) is 28.8 Å². The molecule has 0 radical (unpaired) electrons. The molecule has 0 aliphatic rings. The molecule has 1 heterocycles. The van der Waals surface area contributed by atoms with Crippen molar-refractivity contribution >= 4 is 17.4 Å². The molecule has 1 aromatic heterocycles. The van der Waals surface area contributed by atoms with E-state index in [-0.39, 0.29) is 11.5 Å². The van der Waals surface area contributed by atoms with Crippen molar-refractivity contribution in [3.63, 3.8) is 0 Å². The van der Waals surface area contributed by atoms with Crippen molar-refractivity contribution in [2.24, 2.45) is 0 Å². The van der Waals surface area contributed by atoms with E-state index in [1.165, 1.54) is 10.1 Å².